The molecule has 0 fully saturated rings. The molecule has 1 atom stereocenters. The van der Waals surface area contributed by atoms with Crippen LogP contribution in [0.1, 0.15) is 13.3 Å². The van der Waals surface area contributed by atoms with Gasteiger partial charge in [-0.05, 0) is 18.6 Å². The minimum absolute atomic E-state index is 0.228. The smallest absolute Gasteiger partial charge is 0.195 e. The lowest BCUT2D eigenvalue weighted by atomic mass is 10.3. The first kappa shape index (κ1) is 10.4. The predicted octanol–water partition coefficient (Wildman–Crippen LogP) is 1.56. The second-order valence-corrected chi connectivity index (χ2v) is 4.38. The normalized spacial score (nSPS) is 13.2. The van der Waals surface area contributed by atoms with Crippen molar-refractivity contribution in [1.29, 1.82) is 0 Å². The highest BCUT2D eigenvalue weighted by atomic mass is 32.2. The van der Waals surface area contributed by atoms with Gasteiger partial charge in [0.2, 0.25) is 0 Å². The van der Waals surface area contributed by atoms with Gasteiger partial charge in [-0.3, -0.25) is 4.40 Å². The Kier molecular flexibility index (Phi) is 3.23. The van der Waals surface area contributed by atoms with E-state index in [1.807, 2.05) is 28.8 Å². The second kappa shape index (κ2) is 4.63. The Bertz CT molecular complexity index is 440. The third-order valence-electron chi connectivity index (χ3n) is 2.23. The van der Waals surface area contributed by atoms with Gasteiger partial charge in [0.25, 0.3) is 0 Å². The van der Waals surface area contributed by atoms with Gasteiger partial charge in [0.15, 0.2) is 10.8 Å². The van der Waals surface area contributed by atoms with E-state index in [4.69, 9.17) is 5.73 Å². The van der Waals surface area contributed by atoms with Crippen molar-refractivity contribution < 1.29 is 0 Å². The lowest BCUT2D eigenvalue weighted by molar-refractivity contribution is 0.723. The number of rotatable bonds is 4. The molecule has 0 radical (unpaired) electrons. The lowest BCUT2D eigenvalue weighted by Crippen LogP contribution is -2.21. The molecule has 0 aromatic carbocycles. The molecule has 0 aliphatic rings. The fourth-order valence-corrected chi connectivity index (χ4v) is 2.21. The Morgan fingerprint density at radius 2 is 2.33 bits per heavy atom. The molecule has 80 valence electrons. The molecule has 0 saturated carbocycles. The number of hydrogen-bond acceptors (Lipinski definition) is 4. The number of nitrogens with zero attached hydrogens (tertiary/aromatic N) is 3. The van der Waals surface area contributed by atoms with Crippen LogP contribution in [-0.2, 0) is 0 Å². The number of pyridine rings is 1. The Labute approximate surface area is 92.9 Å². The molecule has 0 spiro atoms. The van der Waals surface area contributed by atoms with E-state index in [0.717, 1.165) is 23.0 Å². The number of nitrogens with two attached hydrogens (primary N) is 1. The Morgan fingerprint density at radius 3 is 3.13 bits per heavy atom. The maximum atomic E-state index is 5.86. The summed E-state index contributed by atoms with van der Waals surface area (Å²) < 4.78 is 1.98. The van der Waals surface area contributed by atoms with Crippen molar-refractivity contribution >= 4 is 17.4 Å². The summed E-state index contributed by atoms with van der Waals surface area (Å²) in [4.78, 5) is 0. The molecule has 2 aromatic heterocycles. The van der Waals surface area contributed by atoms with Crippen LogP contribution in [0.4, 0.5) is 0 Å². The third kappa shape index (κ3) is 2.30. The quantitative estimate of drug-likeness (QED) is 0.798. The van der Waals surface area contributed by atoms with Crippen LogP contribution in [0.5, 0.6) is 0 Å². The highest BCUT2D eigenvalue weighted by Gasteiger charge is 2.06. The summed E-state index contributed by atoms with van der Waals surface area (Å²) in [5.74, 6) is 0.881. The summed E-state index contributed by atoms with van der Waals surface area (Å²) in [7, 11) is 0. The maximum absolute atomic E-state index is 5.86. The molecule has 15 heavy (non-hydrogen) atoms. The van der Waals surface area contributed by atoms with Crippen molar-refractivity contribution in [3.8, 4) is 0 Å². The number of fused-ring (bicyclic) bond motifs is 1. The van der Waals surface area contributed by atoms with Gasteiger partial charge in [-0.2, -0.15) is 0 Å². The molecule has 1 unspecified atom stereocenters. The van der Waals surface area contributed by atoms with Crippen LogP contribution in [0, 0.1) is 0 Å². The van der Waals surface area contributed by atoms with Crippen LogP contribution in [0.2, 0.25) is 0 Å². The van der Waals surface area contributed by atoms with Crippen molar-refractivity contribution in [3.63, 3.8) is 0 Å². The number of hydrogen-bond donors (Lipinski definition) is 1. The Morgan fingerprint density at radius 1 is 1.47 bits per heavy atom. The largest absolute Gasteiger partial charge is 0.327 e. The highest BCUT2D eigenvalue weighted by molar-refractivity contribution is 7.99. The molecular formula is C10H14N4S. The van der Waals surface area contributed by atoms with Crippen molar-refractivity contribution in [1.82, 2.24) is 14.6 Å². The Hall–Kier alpha value is -1.07. The lowest BCUT2D eigenvalue weighted by Gasteiger charge is -2.06. The summed E-state index contributed by atoms with van der Waals surface area (Å²) in [6, 6.07) is 6.10. The molecule has 5 heteroatoms. The van der Waals surface area contributed by atoms with E-state index in [9.17, 15) is 0 Å². The van der Waals surface area contributed by atoms with Crippen LogP contribution in [0.3, 0.4) is 0 Å². The minimum atomic E-state index is 0.228. The van der Waals surface area contributed by atoms with Gasteiger partial charge in [-0.25, -0.2) is 0 Å². The van der Waals surface area contributed by atoms with Crippen LogP contribution >= 0.6 is 11.8 Å². The van der Waals surface area contributed by atoms with Gasteiger partial charge in [-0.15, -0.1) is 10.2 Å². The summed E-state index contributed by atoms with van der Waals surface area (Å²) in [6.07, 6.45) is 2.96. The molecule has 4 nitrogen and oxygen atoms in total. The summed E-state index contributed by atoms with van der Waals surface area (Å²) >= 11 is 1.65. The van der Waals surface area contributed by atoms with Gasteiger partial charge in [0.05, 0.1) is 0 Å². The number of aromatic nitrogens is 3. The zero-order valence-electron chi connectivity index (χ0n) is 8.63. The minimum Gasteiger partial charge on any atom is -0.327 e. The van der Waals surface area contributed by atoms with E-state index in [0.29, 0.717) is 0 Å². The van der Waals surface area contributed by atoms with Crippen molar-refractivity contribution in [2.45, 2.75) is 24.5 Å². The first-order chi connectivity index (χ1) is 7.31. The standard InChI is InChI=1S/C10H14N4S/c1-2-8(11)7-15-10-13-12-9-5-3-4-6-14(9)10/h3-6,8H,2,7,11H2,1H3. The first-order valence-corrected chi connectivity index (χ1v) is 5.98. The van der Waals surface area contributed by atoms with Crippen molar-refractivity contribution in [2.24, 2.45) is 5.73 Å². The van der Waals surface area contributed by atoms with Gasteiger partial charge < -0.3 is 5.73 Å². The van der Waals surface area contributed by atoms with Gasteiger partial charge in [0.1, 0.15) is 0 Å². The van der Waals surface area contributed by atoms with E-state index in [1.54, 1.807) is 11.8 Å². The van der Waals surface area contributed by atoms with Gasteiger partial charge in [-0.1, -0.05) is 24.8 Å². The monoisotopic (exact) mass is 222 g/mol. The Balaban J connectivity index is 2.14. The summed E-state index contributed by atoms with van der Waals surface area (Å²) in [6.45, 7) is 2.09. The number of thioether (sulfide) groups is 1. The zero-order valence-corrected chi connectivity index (χ0v) is 9.44. The predicted molar refractivity (Wildman–Crippen MR) is 62.0 cm³/mol. The van der Waals surface area contributed by atoms with Gasteiger partial charge >= 0.3 is 0 Å². The average molecular weight is 222 g/mol. The molecule has 0 amide bonds. The fraction of sp³-hybridized carbons (Fsp3) is 0.400. The molecule has 0 aliphatic carbocycles. The summed E-state index contributed by atoms with van der Waals surface area (Å²) in [5, 5.41) is 9.11. The molecular weight excluding hydrogens is 208 g/mol. The summed E-state index contributed by atoms with van der Waals surface area (Å²) in [5.41, 5.74) is 6.74. The molecule has 2 rings (SSSR count). The topological polar surface area (TPSA) is 56.2 Å². The van der Waals surface area contributed by atoms with Crippen LogP contribution in [-0.4, -0.2) is 26.4 Å². The van der Waals surface area contributed by atoms with Crippen LogP contribution in [0.15, 0.2) is 29.6 Å². The first-order valence-electron chi connectivity index (χ1n) is 4.99. The fourth-order valence-electron chi connectivity index (χ4n) is 1.22. The van der Waals surface area contributed by atoms with Gasteiger partial charge in [0, 0.05) is 18.0 Å². The molecule has 0 saturated heterocycles. The van der Waals surface area contributed by atoms with E-state index >= 15 is 0 Å². The van der Waals surface area contributed by atoms with Crippen LogP contribution in [0.25, 0.3) is 5.65 Å². The molecule has 0 aliphatic heterocycles. The van der Waals surface area contributed by atoms with Crippen molar-refractivity contribution in [3.05, 3.63) is 24.4 Å². The molecule has 2 heterocycles. The van der Waals surface area contributed by atoms with E-state index in [1.165, 1.54) is 0 Å². The molecule has 2 N–H and O–H groups in total. The second-order valence-electron chi connectivity index (χ2n) is 3.39. The van der Waals surface area contributed by atoms with E-state index in [-0.39, 0.29) is 6.04 Å². The van der Waals surface area contributed by atoms with Crippen LogP contribution < -0.4 is 5.73 Å². The highest BCUT2D eigenvalue weighted by Crippen LogP contribution is 2.17. The molecule has 2 aromatic rings. The van der Waals surface area contributed by atoms with E-state index in [2.05, 4.69) is 17.1 Å². The molecule has 0 bridgehead atoms. The SMILES string of the molecule is CCC(N)CSc1nnc2ccccn12. The van der Waals surface area contributed by atoms with E-state index < -0.39 is 0 Å². The maximum Gasteiger partial charge on any atom is 0.195 e. The average Bonchev–Trinajstić information content (AvgIpc) is 2.69. The third-order valence-corrected chi connectivity index (χ3v) is 3.36. The van der Waals surface area contributed by atoms with Crippen molar-refractivity contribution in [2.75, 3.05) is 5.75 Å². The zero-order chi connectivity index (χ0) is 10.7.